The van der Waals surface area contributed by atoms with Crippen molar-refractivity contribution in [3.8, 4) is 0 Å². The van der Waals surface area contributed by atoms with Crippen LogP contribution in [0.3, 0.4) is 0 Å². The van der Waals surface area contributed by atoms with Gasteiger partial charge in [-0.15, -0.1) is 0 Å². The average Bonchev–Trinajstić information content (AvgIpc) is 2.13. The van der Waals surface area contributed by atoms with Gasteiger partial charge in [0, 0.05) is 11.1 Å². The van der Waals surface area contributed by atoms with Crippen molar-refractivity contribution in [1.82, 2.24) is 0 Å². The molecular weight excluding hydrogens is 189 g/mol. The van der Waals surface area contributed by atoms with Crippen molar-refractivity contribution in [2.75, 3.05) is 0 Å². The maximum atomic E-state index is 13.6. The molecule has 2 N–H and O–H groups in total. The molecule has 0 fully saturated rings. The SMILES string of the molecule is CCC(N)C1=C(F)C(C)=C(Cl)CC1. The molecule has 0 radical (unpaired) electrons. The summed E-state index contributed by atoms with van der Waals surface area (Å²) in [4.78, 5) is 0. The first kappa shape index (κ1) is 10.7. The van der Waals surface area contributed by atoms with E-state index in [4.69, 9.17) is 17.3 Å². The van der Waals surface area contributed by atoms with Gasteiger partial charge in [0.1, 0.15) is 5.83 Å². The summed E-state index contributed by atoms with van der Waals surface area (Å²) in [5, 5.41) is 0.629. The molecule has 0 saturated carbocycles. The summed E-state index contributed by atoms with van der Waals surface area (Å²) in [5.74, 6) is -0.189. The fourth-order valence-electron chi connectivity index (χ4n) is 1.50. The van der Waals surface area contributed by atoms with E-state index in [-0.39, 0.29) is 11.9 Å². The molecule has 0 aromatic heterocycles. The van der Waals surface area contributed by atoms with Gasteiger partial charge in [-0.3, -0.25) is 0 Å². The molecule has 0 bridgehead atoms. The van der Waals surface area contributed by atoms with E-state index < -0.39 is 0 Å². The van der Waals surface area contributed by atoms with Crippen LogP contribution in [-0.4, -0.2) is 6.04 Å². The van der Waals surface area contributed by atoms with Gasteiger partial charge in [-0.25, -0.2) is 4.39 Å². The third-order valence-corrected chi connectivity index (χ3v) is 2.99. The summed E-state index contributed by atoms with van der Waals surface area (Å²) in [6, 6.07) is -0.153. The molecule has 0 heterocycles. The van der Waals surface area contributed by atoms with Crippen molar-refractivity contribution in [3.05, 3.63) is 22.0 Å². The number of nitrogens with two attached hydrogens (primary N) is 1. The van der Waals surface area contributed by atoms with Crippen LogP contribution in [0.4, 0.5) is 4.39 Å². The van der Waals surface area contributed by atoms with Crippen LogP contribution < -0.4 is 5.73 Å². The maximum absolute atomic E-state index is 13.6. The molecule has 13 heavy (non-hydrogen) atoms. The van der Waals surface area contributed by atoms with Gasteiger partial charge in [0.05, 0.1) is 0 Å². The largest absolute Gasteiger partial charge is 0.324 e. The quantitative estimate of drug-likeness (QED) is 0.733. The zero-order valence-electron chi connectivity index (χ0n) is 8.03. The van der Waals surface area contributed by atoms with Crippen molar-refractivity contribution in [2.45, 2.75) is 39.2 Å². The first-order valence-electron chi connectivity index (χ1n) is 4.57. The van der Waals surface area contributed by atoms with Crippen molar-refractivity contribution < 1.29 is 4.39 Å². The summed E-state index contributed by atoms with van der Waals surface area (Å²) in [6.45, 7) is 3.67. The van der Waals surface area contributed by atoms with E-state index in [1.165, 1.54) is 0 Å². The van der Waals surface area contributed by atoms with Crippen LogP contribution in [0.1, 0.15) is 33.1 Å². The molecule has 1 aliphatic rings. The Morgan fingerprint density at radius 3 is 2.69 bits per heavy atom. The highest BCUT2D eigenvalue weighted by Crippen LogP contribution is 2.34. The third-order valence-electron chi connectivity index (χ3n) is 2.52. The molecule has 0 aliphatic heterocycles. The standard InChI is InChI=1S/C10H15ClFN/c1-3-9(13)7-4-5-8(11)6(2)10(7)12/h9H,3-5,13H2,1-2H3. The summed E-state index contributed by atoms with van der Waals surface area (Å²) in [5.41, 5.74) is 7.07. The summed E-state index contributed by atoms with van der Waals surface area (Å²) < 4.78 is 13.6. The van der Waals surface area contributed by atoms with E-state index >= 15 is 0 Å². The van der Waals surface area contributed by atoms with Crippen molar-refractivity contribution in [2.24, 2.45) is 5.73 Å². The summed E-state index contributed by atoms with van der Waals surface area (Å²) in [7, 11) is 0. The van der Waals surface area contributed by atoms with Crippen LogP contribution in [-0.2, 0) is 0 Å². The van der Waals surface area contributed by atoms with E-state index in [9.17, 15) is 4.39 Å². The Balaban J connectivity index is 2.98. The average molecular weight is 204 g/mol. The second kappa shape index (κ2) is 4.25. The lowest BCUT2D eigenvalue weighted by atomic mass is 9.92. The monoisotopic (exact) mass is 203 g/mol. The molecule has 0 spiro atoms. The van der Waals surface area contributed by atoms with E-state index in [2.05, 4.69) is 0 Å². The van der Waals surface area contributed by atoms with Gasteiger partial charge < -0.3 is 5.73 Å². The van der Waals surface area contributed by atoms with Gasteiger partial charge in [0.25, 0.3) is 0 Å². The fourth-order valence-corrected chi connectivity index (χ4v) is 1.67. The maximum Gasteiger partial charge on any atom is 0.128 e. The van der Waals surface area contributed by atoms with Crippen molar-refractivity contribution >= 4 is 11.6 Å². The van der Waals surface area contributed by atoms with E-state index in [0.29, 0.717) is 17.0 Å². The Bertz CT molecular complexity index is 268. The zero-order valence-corrected chi connectivity index (χ0v) is 8.79. The Kier molecular flexibility index (Phi) is 3.51. The number of hydrogen-bond acceptors (Lipinski definition) is 1. The first-order chi connectivity index (χ1) is 6.07. The molecule has 0 aromatic carbocycles. The fraction of sp³-hybridized carbons (Fsp3) is 0.600. The third kappa shape index (κ3) is 2.12. The summed E-state index contributed by atoms with van der Waals surface area (Å²) in [6.07, 6.45) is 2.16. The van der Waals surface area contributed by atoms with Gasteiger partial charge in [0.15, 0.2) is 0 Å². The lowest BCUT2D eigenvalue weighted by molar-refractivity contribution is 0.577. The molecule has 0 saturated heterocycles. The lowest BCUT2D eigenvalue weighted by Crippen LogP contribution is -2.24. The number of allylic oxidation sites excluding steroid dienone is 3. The first-order valence-corrected chi connectivity index (χ1v) is 4.95. The molecule has 0 amide bonds. The highest BCUT2D eigenvalue weighted by atomic mass is 35.5. The second-order valence-corrected chi connectivity index (χ2v) is 3.84. The van der Waals surface area contributed by atoms with Crippen molar-refractivity contribution in [3.63, 3.8) is 0 Å². The van der Waals surface area contributed by atoms with Gasteiger partial charge >= 0.3 is 0 Å². The smallest absolute Gasteiger partial charge is 0.128 e. The number of hydrogen-bond donors (Lipinski definition) is 1. The molecule has 1 nitrogen and oxygen atoms in total. The van der Waals surface area contributed by atoms with Crippen LogP contribution in [0.15, 0.2) is 22.0 Å². The van der Waals surface area contributed by atoms with E-state index in [0.717, 1.165) is 18.4 Å². The molecule has 0 aromatic rings. The predicted octanol–water partition coefficient (Wildman–Crippen LogP) is 3.25. The van der Waals surface area contributed by atoms with Crippen LogP contribution in [0.5, 0.6) is 0 Å². The lowest BCUT2D eigenvalue weighted by Gasteiger charge is -2.20. The topological polar surface area (TPSA) is 26.0 Å². The predicted molar refractivity (Wildman–Crippen MR) is 54.2 cm³/mol. The zero-order chi connectivity index (χ0) is 10.0. The second-order valence-electron chi connectivity index (χ2n) is 3.38. The van der Waals surface area contributed by atoms with Gasteiger partial charge in [-0.05, 0) is 37.3 Å². The Hall–Kier alpha value is -0.340. The van der Waals surface area contributed by atoms with Crippen LogP contribution in [0, 0.1) is 0 Å². The van der Waals surface area contributed by atoms with Gasteiger partial charge in [-0.2, -0.15) is 0 Å². The molecule has 1 rings (SSSR count). The van der Waals surface area contributed by atoms with E-state index in [1.807, 2.05) is 6.92 Å². The van der Waals surface area contributed by atoms with Crippen LogP contribution >= 0.6 is 11.6 Å². The van der Waals surface area contributed by atoms with Crippen molar-refractivity contribution in [1.29, 1.82) is 0 Å². The van der Waals surface area contributed by atoms with Gasteiger partial charge in [0.2, 0.25) is 0 Å². The highest BCUT2D eigenvalue weighted by Gasteiger charge is 2.21. The Morgan fingerprint density at radius 1 is 1.54 bits per heavy atom. The normalized spacial score (nSPS) is 21.0. The highest BCUT2D eigenvalue weighted by molar-refractivity contribution is 6.30. The van der Waals surface area contributed by atoms with Crippen LogP contribution in [0.25, 0.3) is 0 Å². The van der Waals surface area contributed by atoms with E-state index in [1.54, 1.807) is 6.92 Å². The molecular formula is C10H15ClFN. The summed E-state index contributed by atoms with van der Waals surface area (Å²) >= 11 is 5.84. The Morgan fingerprint density at radius 2 is 2.15 bits per heavy atom. The molecule has 3 heteroatoms. The van der Waals surface area contributed by atoms with Crippen LogP contribution in [0.2, 0.25) is 0 Å². The number of halogens is 2. The molecule has 74 valence electrons. The molecule has 1 unspecified atom stereocenters. The minimum absolute atomic E-state index is 0.153. The number of rotatable bonds is 2. The minimum atomic E-state index is -0.189. The van der Waals surface area contributed by atoms with Gasteiger partial charge in [-0.1, -0.05) is 18.5 Å². The minimum Gasteiger partial charge on any atom is -0.324 e. The Labute approximate surface area is 83.4 Å². The molecule has 1 atom stereocenters. The molecule has 1 aliphatic carbocycles.